The summed E-state index contributed by atoms with van der Waals surface area (Å²) in [7, 11) is 0. The lowest BCUT2D eigenvalue weighted by atomic mass is 10.1. The first kappa shape index (κ1) is 13.7. The van der Waals surface area contributed by atoms with E-state index in [2.05, 4.69) is 10.3 Å². The highest BCUT2D eigenvalue weighted by molar-refractivity contribution is 6.33. The Bertz CT molecular complexity index is 703. The number of aryl methyl sites for hydroxylation is 1. The first-order valence-corrected chi connectivity index (χ1v) is 6.81. The number of benzene rings is 1. The Morgan fingerprint density at radius 3 is 3.10 bits per heavy atom. The van der Waals surface area contributed by atoms with Gasteiger partial charge in [0.15, 0.2) is 11.5 Å². The number of hydrogen-bond acceptors (Lipinski definition) is 4. The lowest BCUT2D eigenvalue weighted by molar-refractivity contribution is 0.0950. The normalized spacial score (nSPS) is 12.3. The van der Waals surface area contributed by atoms with Gasteiger partial charge in [-0.2, -0.15) is 0 Å². The highest BCUT2D eigenvalue weighted by Crippen LogP contribution is 2.35. The van der Waals surface area contributed by atoms with E-state index in [1.807, 2.05) is 25.1 Å². The molecule has 0 spiro atoms. The van der Waals surface area contributed by atoms with E-state index in [9.17, 15) is 4.79 Å². The fourth-order valence-electron chi connectivity index (χ4n) is 2.09. The number of aromatic nitrogens is 1. The zero-order valence-electron chi connectivity index (χ0n) is 11.4. The summed E-state index contributed by atoms with van der Waals surface area (Å²) in [6, 6.07) is 7.22. The average molecular weight is 305 g/mol. The lowest BCUT2D eigenvalue weighted by Crippen LogP contribution is -2.23. The van der Waals surface area contributed by atoms with Crippen LogP contribution in [-0.2, 0) is 6.54 Å². The monoisotopic (exact) mass is 304 g/mol. The molecule has 108 valence electrons. The molecule has 0 fully saturated rings. The second-order valence-corrected chi connectivity index (χ2v) is 5.05. The summed E-state index contributed by atoms with van der Waals surface area (Å²) in [4.78, 5) is 16.2. The lowest BCUT2D eigenvalue weighted by Gasteiger charge is -2.09. The van der Waals surface area contributed by atoms with Gasteiger partial charge in [-0.3, -0.25) is 9.78 Å². The second kappa shape index (κ2) is 5.61. The van der Waals surface area contributed by atoms with Crippen LogP contribution >= 0.6 is 11.6 Å². The number of para-hydroxylation sites is 1. The number of rotatable bonds is 3. The molecule has 0 atom stereocenters. The summed E-state index contributed by atoms with van der Waals surface area (Å²) in [5.41, 5.74) is 1.98. The predicted molar refractivity (Wildman–Crippen MR) is 77.7 cm³/mol. The maximum Gasteiger partial charge on any atom is 0.254 e. The van der Waals surface area contributed by atoms with Crippen molar-refractivity contribution >= 4 is 17.5 Å². The number of carbonyl (C=O) groups excluding carboxylic acids is 1. The van der Waals surface area contributed by atoms with Crippen LogP contribution in [0.3, 0.4) is 0 Å². The Kier molecular flexibility index (Phi) is 3.66. The molecule has 0 aliphatic carbocycles. The van der Waals surface area contributed by atoms with E-state index in [-0.39, 0.29) is 12.7 Å². The van der Waals surface area contributed by atoms with Crippen molar-refractivity contribution in [3.05, 3.63) is 52.3 Å². The van der Waals surface area contributed by atoms with Crippen LogP contribution < -0.4 is 14.8 Å². The molecule has 0 bridgehead atoms. The topological polar surface area (TPSA) is 60.5 Å². The van der Waals surface area contributed by atoms with Crippen LogP contribution in [0, 0.1) is 6.92 Å². The third kappa shape index (κ3) is 2.78. The van der Waals surface area contributed by atoms with Crippen LogP contribution in [-0.4, -0.2) is 17.7 Å². The minimum atomic E-state index is -0.274. The van der Waals surface area contributed by atoms with Crippen molar-refractivity contribution in [3.8, 4) is 11.5 Å². The molecule has 1 N–H and O–H groups in total. The maximum absolute atomic E-state index is 12.1. The van der Waals surface area contributed by atoms with Crippen LogP contribution in [0.1, 0.15) is 21.6 Å². The first-order chi connectivity index (χ1) is 10.1. The standard InChI is InChI=1S/C15H13ClN2O3/c1-9-5-12(16)11(7-17-9)15(19)18-6-10-3-2-4-13-14(10)21-8-20-13/h2-5,7H,6,8H2,1H3,(H,18,19). The van der Waals surface area contributed by atoms with Gasteiger partial charge >= 0.3 is 0 Å². The van der Waals surface area contributed by atoms with E-state index in [0.717, 1.165) is 11.3 Å². The molecule has 2 heterocycles. The maximum atomic E-state index is 12.1. The van der Waals surface area contributed by atoms with Gasteiger partial charge in [-0.15, -0.1) is 0 Å². The molecular weight excluding hydrogens is 292 g/mol. The van der Waals surface area contributed by atoms with E-state index >= 15 is 0 Å². The molecule has 6 heteroatoms. The quantitative estimate of drug-likeness (QED) is 0.947. The fraction of sp³-hybridized carbons (Fsp3) is 0.200. The average Bonchev–Trinajstić information content (AvgIpc) is 2.93. The van der Waals surface area contributed by atoms with Gasteiger partial charge in [0.05, 0.1) is 10.6 Å². The fourth-order valence-corrected chi connectivity index (χ4v) is 2.39. The SMILES string of the molecule is Cc1cc(Cl)c(C(=O)NCc2cccc3c2OCO3)cn1. The Hall–Kier alpha value is -2.27. The minimum Gasteiger partial charge on any atom is -0.454 e. The number of ether oxygens (including phenoxy) is 2. The third-order valence-electron chi connectivity index (χ3n) is 3.15. The molecule has 0 saturated carbocycles. The van der Waals surface area contributed by atoms with Crippen LogP contribution in [0.2, 0.25) is 5.02 Å². The van der Waals surface area contributed by atoms with E-state index in [0.29, 0.717) is 28.6 Å². The van der Waals surface area contributed by atoms with Gasteiger partial charge in [-0.25, -0.2) is 0 Å². The van der Waals surface area contributed by atoms with E-state index < -0.39 is 0 Å². The molecule has 1 aromatic carbocycles. The Morgan fingerprint density at radius 1 is 1.43 bits per heavy atom. The number of hydrogen-bond donors (Lipinski definition) is 1. The zero-order valence-corrected chi connectivity index (χ0v) is 12.1. The number of nitrogens with zero attached hydrogens (tertiary/aromatic N) is 1. The molecule has 3 rings (SSSR count). The van der Waals surface area contributed by atoms with Crippen LogP contribution in [0.25, 0.3) is 0 Å². The smallest absolute Gasteiger partial charge is 0.254 e. The van der Waals surface area contributed by atoms with Crippen molar-refractivity contribution in [2.75, 3.05) is 6.79 Å². The van der Waals surface area contributed by atoms with Crippen LogP contribution in [0.5, 0.6) is 11.5 Å². The molecule has 1 aliphatic heterocycles. The van der Waals surface area contributed by atoms with Gasteiger partial charge in [-0.1, -0.05) is 23.7 Å². The third-order valence-corrected chi connectivity index (χ3v) is 3.47. The molecule has 5 nitrogen and oxygen atoms in total. The largest absolute Gasteiger partial charge is 0.454 e. The number of pyridine rings is 1. The number of halogens is 1. The summed E-state index contributed by atoms with van der Waals surface area (Å²) in [6.07, 6.45) is 1.47. The van der Waals surface area contributed by atoms with E-state index in [1.165, 1.54) is 6.20 Å². The molecule has 1 amide bonds. The second-order valence-electron chi connectivity index (χ2n) is 4.64. The van der Waals surface area contributed by atoms with Crippen molar-refractivity contribution in [3.63, 3.8) is 0 Å². The van der Waals surface area contributed by atoms with Gasteiger partial charge in [0.25, 0.3) is 5.91 Å². The summed E-state index contributed by atoms with van der Waals surface area (Å²) in [6.45, 7) is 2.35. The summed E-state index contributed by atoms with van der Waals surface area (Å²) in [5.74, 6) is 1.09. The van der Waals surface area contributed by atoms with Gasteiger partial charge < -0.3 is 14.8 Å². The molecule has 0 radical (unpaired) electrons. The summed E-state index contributed by atoms with van der Waals surface area (Å²) >= 11 is 6.05. The Balaban J connectivity index is 1.73. The van der Waals surface area contributed by atoms with Gasteiger partial charge in [-0.05, 0) is 19.1 Å². The number of nitrogens with one attached hydrogen (secondary N) is 1. The van der Waals surface area contributed by atoms with Crippen molar-refractivity contribution < 1.29 is 14.3 Å². The van der Waals surface area contributed by atoms with Crippen molar-refractivity contribution in [2.24, 2.45) is 0 Å². The molecule has 0 unspecified atom stereocenters. The molecule has 2 aromatic rings. The minimum absolute atomic E-state index is 0.202. The van der Waals surface area contributed by atoms with Crippen molar-refractivity contribution in [1.29, 1.82) is 0 Å². The molecule has 1 aromatic heterocycles. The van der Waals surface area contributed by atoms with E-state index in [1.54, 1.807) is 6.07 Å². The van der Waals surface area contributed by atoms with Crippen molar-refractivity contribution in [1.82, 2.24) is 10.3 Å². The molecular formula is C15H13ClN2O3. The number of fused-ring (bicyclic) bond motifs is 1. The summed E-state index contributed by atoms with van der Waals surface area (Å²) in [5, 5.41) is 3.19. The van der Waals surface area contributed by atoms with Crippen LogP contribution in [0.4, 0.5) is 0 Å². The number of carbonyl (C=O) groups is 1. The predicted octanol–water partition coefficient (Wildman–Crippen LogP) is 2.70. The molecule has 1 aliphatic rings. The van der Waals surface area contributed by atoms with Crippen molar-refractivity contribution in [2.45, 2.75) is 13.5 Å². The zero-order chi connectivity index (χ0) is 14.8. The van der Waals surface area contributed by atoms with Gasteiger partial charge in [0.1, 0.15) is 0 Å². The van der Waals surface area contributed by atoms with Crippen LogP contribution in [0.15, 0.2) is 30.5 Å². The van der Waals surface area contributed by atoms with E-state index in [4.69, 9.17) is 21.1 Å². The van der Waals surface area contributed by atoms with Gasteiger partial charge in [0, 0.05) is 24.0 Å². The number of amides is 1. The molecule has 0 saturated heterocycles. The Morgan fingerprint density at radius 2 is 2.29 bits per heavy atom. The Labute approximate surface area is 126 Å². The molecule has 21 heavy (non-hydrogen) atoms. The highest BCUT2D eigenvalue weighted by Gasteiger charge is 2.18. The van der Waals surface area contributed by atoms with Gasteiger partial charge in [0.2, 0.25) is 6.79 Å². The summed E-state index contributed by atoms with van der Waals surface area (Å²) < 4.78 is 10.7. The first-order valence-electron chi connectivity index (χ1n) is 6.43. The highest BCUT2D eigenvalue weighted by atomic mass is 35.5.